The summed E-state index contributed by atoms with van der Waals surface area (Å²) in [5, 5.41) is 3.50. The summed E-state index contributed by atoms with van der Waals surface area (Å²) in [5.41, 5.74) is 3.31. The third-order valence-corrected chi connectivity index (χ3v) is 5.80. The van der Waals surface area contributed by atoms with Crippen LogP contribution < -0.4 is 5.32 Å². The van der Waals surface area contributed by atoms with E-state index < -0.39 is 6.04 Å². The van der Waals surface area contributed by atoms with Gasteiger partial charge in [-0.1, -0.05) is 60.5 Å². The van der Waals surface area contributed by atoms with Crippen LogP contribution in [0, 0.1) is 6.92 Å². The van der Waals surface area contributed by atoms with Gasteiger partial charge in [-0.2, -0.15) is 0 Å². The third kappa shape index (κ3) is 7.75. The van der Waals surface area contributed by atoms with Gasteiger partial charge in [0.1, 0.15) is 6.04 Å². The lowest BCUT2D eigenvalue weighted by atomic mass is 10.1. The fourth-order valence-corrected chi connectivity index (χ4v) is 3.92. The second-order valence-electron chi connectivity index (χ2n) is 7.10. The van der Waals surface area contributed by atoms with Crippen molar-refractivity contribution in [2.24, 2.45) is 0 Å². The number of hydrogen-bond donors (Lipinski definition) is 1. The predicted molar refractivity (Wildman–Crippen MR) is 122 cm³/mol. The van der Waals surface area contributed by atoms with E-state index in [9.17, 15) is 9.59 Å². The summed E-state index contributed by atoms with van der Waals surface area (Å²) in [6, 6.07) is 15.2. The normalized spacial score (nSPS) is 11.7. The predicted octanol–water partition coefficient (Wildman–Crippen LogP) is 4.83. The first kappa shape index (κ1) is 23.3. The van der Waals surface area contributed by atoms with Crippen LogP contribution in [0.2, 0.25) is 5.02 Å². The number of nitrogens with zero attached hydrogens (tertiary/aromatic N) is 1. The summed E-state index contributed by atoms with van der Waals surface area (Å²) in [5.74, 6) is 0.889. The van der Waals surface area contributed by atoms with Crippen LogP contribution in [0.5, 0.6) is 0 Å². The van der Waals surface area contributed by atoms with Crippen molar-refractivity contribution >= 4 is 35.2 Å². The molecule has 0 aromatic heterocycles. The summed E-state index contributed by atoms with van der Waals surface area (Å²) in [7, 11) is 0. The Labute approximate surface area is 183 Å². The standard InChI is InChI=1S/C23H29ClN2O2S/c1-4-12-25-23(28)18(3)26(14-20-6-5-7-21(24)13-20)22(27)16-29-15-19-10-8-17(2)9-11-19/h5-11,13,18H,4,12,14-16H2,1-3H3,(H,25,28). The molecule has 2 rings (SSSR count). The molecule has 0 aliphatic rings. The van der Waals surface area contributed by atoms with Crippen LogP contribution in [0.25, 0.3) is 0 Å². The molecule has 0 spiro atoms. The van der Waals surface area contributed by atoms with Crippen molar-refractivity contribution in [3.63, 3.8) is 0 Å². The maximum Gasteiger partial charge on any atom is 0.242 e. The summed E-state index contributed by atoms with van der Waals surface area (Å²) >= 11 is 7.65. The molecule has 2 amide bonds. The van der Waals surface area contributed by atoms with Crippen molar-refractivity contribution in [3.8, 4) is 0 Å². The highest BCUT2D eigenvalue weighted by Crippen LogP contribution is 2.18. The van der Waals surface area contributed by atoms with Gasteiger partial charge in [-0.05, 0) is 43.5 Å². The monoisotopic (exact) mass is 432 g/mol. The van der Waals surface area contributed by atoms with E-state index in [-0.39, 0.29) is 11.8 Å². The van der Waals surface area contributed by atoms with E-state index in [2.05, 4.69) is 36.5 Å². The van der Waals surface area contributed by atoms with Gasteiger partial charge < -0.3 is 10.2 Å². The molecule has 0 aliphatic carbocycles. The van der Waals surface area contributed by atoms with Gasteiger partial charge >= 0.3 is 0 Å². The molecule has 2 aromatic rings. The lowest BCUT2D eigenvalue weighted by molar-refractivity contribution is -0.138. The summed E-state index contributed by atoms with van der Waals surface area (Å²) in [6.07, 6.45) is 0.854. The molecule has 0 saturated heterocycles. The van der Waals surface area contributed by atoms with Crippen LogP contribution in [0.3, 0.4) is 0 Å². The average Bonchev–Trinajstić information content (AvgIpc) is 2.71. The molecule has 6 heteroatoms. The maximum absolute atomic E-state index is 13.0. The number of thioether (sulfide) groups is 1. The third-order valence-electron chi connectivity index (χ3n) is 4.57. The van der Waals surface area contributed by atoms with Gasteiger partial charge in [-0.15, -0.1) is 11.8 Å². The smallest absolute Gasteiger partial charge is 0.242 e. The van der Waals surface area contributed by atoms with Crippen LogP contribution in [-0.2, 0) is 21.9 Å². The Bertz CT molecular complexity index is 811. The van der Waals surface area contributed by atoms with Crippen molar-refractivity contribution in [1.29, 1.82) is 0 Å². The Morgan fingerprint density at radius 1 is 1.14 bits per heavy atom. The van der Waals surface area contributed by atoms with Gasteiger partial charge in [0.25, 0.3) is 0 Å². The minimum absolute atomic E-state index is 0.0544. The number of hydrogen-bond acceptors (Lipinski definition) is 3. The average molecular weight is 433 g/mol. The largest absolute Gasteiger partial charge is 0.354 e. The molecule has 1 N–H and O–H groups in total. The van der Waals surface area contributed by atoms with Gasteiger partial charge in [0, 0.05) is 23.9 Å². The summed E-state index contributed by atoms with van der Waals surface area (Å²) in [6.45, 7) is 6.79. The number of carbonyl (C=O) groups excluding carboxylic acids is 2. The number of benzene rings is 2. The van der Waals surface area contributed by atoms with Crippen molar-refractivity contribution in [3.05, 3.63) is 70.2 Å². The first-order valence-electron chi connectivity index (χ1n) is 9.85. The molecular formula is C23H29ClN2O2S. The Hall–Kier alpha value is -1.98. The fourth-order valence-electron chi connectivity index (χ4n) is 2.83. The molecule has 156 valence electrons. The quantitative estimate of drug-likeness (QED) is 0.585. The molecule has 0 aliphatic heterocycles. The molecular weight excluding hydrogens is 404 g/mol. The number of rotatable bonds is 10. The van der Waals surface area contributed by atoms with Crippen molar-refractivity contribution in [2.75, 3.05) is 12.3 Å². The number of carbonyl (C=O) groups is 2. The van der Waals surface area contributed by atoms with Crippen LogP contribution in [0.4, 0.5) is 0 Å². The first-order valence-corrected chi connectivity index (χ1v) is 11.4. The number of aryl methyl sites for hydroxylation is 1. The molecule has 0 bridgehead atoms. The minimum atomic E-state index is -0.548. The van der Waals surface area contributed by atoms with Gasteiger partial charge in [0.05, 0.1) is 5.75 Å². The van der Waals surface area contributed by atoms with Gasteiger partial charge in [0.15, 0.2) is 0 Å². The molecule has 0 heterocycles. The molecule has 0 fully saturated rings. The topological polar surface area (TPSA) is 49.4 Å². The second-order valence-corrected chi connectivity index (χ2v) is 8.52. The van der Waals surface area contributed by atoms with E-state index in [1.165, 1.54) is 11.1 Å². The zero-order chi connectivity index (χ0) is 21.2. The van der Waals surface area contributed by atoms with E-state index in [4.69, 9.17) is 11.6 Å². The zero-order valence-corrected chi connectivity index (χ0v) is 18.9. The second kappa shape index (κ2) is 11.9. The molecule has 1 unspecified atom stereocenters. The minimum Gasteiger partial charge on any atom is -0.354 e. The molecule has 0 saturated carbocycles. The van der Waals surface area contributed by atoms with Crippen LogP contribution in [0.1, 0.15) is 37.0 Å². The summed E-state index contributed by atoms with van der Waals surface area (Å²) < 4.78 is 0. The SMILES string of the molecule is CCCNC(=O)C(C)N(Cc1cccc(Cl)c1)C(=O)CSCc1ccc(C)cc1. The Morgan fingerprint density at radius 3 is 2.52 bits per heavy atom. The van der Waals surface area contributed by atoms with E-state index in [0.29, 0.717) is 23.9 Å². The molecule has 0 radical (unpaired) electrons. The van der Waals surface area contributed by atoms with Crippen LogP contribution >= 0.6 is 23.4 Å². The van der Waals surface area contributed by atoms with Crippen molar-refractivity contribution in [1.82, 2.24) is 10.2 Å². The van der Waals surface area contributed by atoms with Gasteiger partial charge in [0.2, 0.25) is 11.8 Å². The number of amides is 2. The zero-order valence-electron chi connectivity index (χ0n) is 17.3. The maximum atomic E-state index is 13.0. The Balaban J connectivity index is 2.04. The number of halogens is 1. The molecule has 2 aromatic carbocycles. The molecule has 29 heavy (non-hydrogen) atoms. The van der Waals surface area contributed by atoms with E-state index in [0.717, 1.165) is 17.7 Å². The lowest BCUT2D eigenvalue weighted by Crippen LogP contribution is -2.48. The molecule has 4 nitrogen and oxygen atoms in total. The highest BCUT2D eigenvalue weighted by Gasteiger charge is 2.25. The van der Waals surface area contributed by atoms with Crippen molar-refractivity contribution < 1.29 is 9.59 Å². The first-order chi connectivity index (χ1) is 13.9. The number of nitrogens with one attached hydrogen (secondary N) is 1. The van der Waals surface area contributed by atoms with E-state index >= 15 is 0 Å². The van der Waals surface area contributed by atoms with E-state index in [1.54, 1.807) is 29.7 Å². The highest BCUT2D eigenvalue weighted by molar-refractivity contribution is 7.99. The summed E-state index contributed by atoms with van der Waals surface area (Å²) in [4.78, 5) is 27.1. The molecule has 1 atom stereocenters. The van der Waals surface area contributed by atoms with Crippen LogP contribution in [-0.4, -0.2) is 35.1 Å². The van der Waals surface area contributed by atoms with Crippen LogP contribution in [0.15, 0.2) is 48.5 Å². The highest BCUT2D eigenvalue weighted by atomic mass is 35.5. The van der Waals surface area contributed by atoms with Crippen molar-refractivity contribution in [2.45, 2.75) is 45.5 Å². The van der Waals surface area contributed by atoms with Gasteiger partial charge in [-0.25, -0.2) is 0 Å². The Kier molecular flexibility index (Phi) is 9.55. The van der Waals surface area contributed by atoms with E-state index in [1.807, 2.05) is 25.1 Å². The fraction of sp³-hybridized carbons (Fsp3) is 0.391. The lowest BCUT2D eigenvalue weighted by Gasteiger charge is -2.28. The van der Waals surface area contributed by atoms with Gasteiger partial charge in [-0.3, -0.25) is 9.59 Å². The Morgan fingerprint density at radius 2 is 1.86 bits per heavy atom.